The normalized spacial score (nSPS) is 11.1. The third-order valence-electron chi connectivity index (χ3n) is 3.68. The molecule has 0 atom stereocenters. The standard InChI is InChI=1S/C18H24N4O3/c1-12(23)22(5)14-8-6-13(7-9-14)21-17(24)20-11-16-19-10-15(25-16)18(2,3)4/h6-10H,11H2,1-5H3,(H2,20,21,24). The van der Waals surface area contributed by atoms with Gasteiger partial charge in [-0.15, -0.1) is 0 Å². The maximum atomic E-state index is 12.0. The number of nitrogens with zero attached hydrogens (tertiary/aromatic N) is 2. The molecule has 134 valence electrons. The van der Waals surface area contributed by atoms with Gasteiger partial charge in [0.1, 0.15) is 5.76 Å². The van der Waals surface area contributed by atoms with E-state index in [2.05, 4.69) is 15.6 Å². The van der Waals surface area contributed by atoms with E-state index in [4.69, 9.17) is 4.42 Å². The molecule has 0 saturated carbocycles. The third-order valence-corrected chi connectivity index (χ3v) is 3.68. The van der Waals surface area contributed by atoms with Crippen molar-refractivity contribution in [1.29, 1.82) is 0 Å². The molecule has 0 aliphatic heterocycles. The van der Waals surface area contributed by atoms with Crippen LogP contribution >= 0.6 is 0 Å². The van der Waals surface area contributed by atoms with Gasteiger partial charge in [0.05, 0.1) is 12.7 Å². The number of carbonyl (C=O) groups excluding carboxylic acids is 2. The number of amides is 3. The molecule has 0 aliphatic rings. The topological polar surface area (TPSA) is 87.5 Å². The smallest absolute Gasteiger partial charge is 0.319 e. The van der Waals surface area contributed by atoms with Crippen LogP contribution in [0.5, 0.6) is 0 Å². The van der Waals surface area contributed by atoms with Gasteiger partial charge in [-0.05, 0) is 24.3 Å². The molecule has 2 aromatic rings. The maximum absolute atomic E-state index is 12.0. The lowest BCUT2D eigenvalue weighted by atomic mass is 9.94. The van der Waals surface area contributed by atoms with Gasteiger partial charge in [0, 0.05) is 30.8 Å². The number of benzene rings is 1. The van der Waals surface area contributed by atoms with Gasteiger partial charge >= 0.3 is 6.03 Å². The fraction of sp³-hybridized carbons (Fsp3) is 0.389. The number of urea groups is 1. The number of hydrogen-bond acceptors (Lipinski definition) is 4. The summed E-state index contributed by atoms with van der Waals surface area (Å²) in [7, 11) is 1.69. The molecular weight excluding hydrogens is 320 g/mol. The van der Waals surface area contributed by atoms with Crippen LogP contribution in [0.25, 0.3) is 0 Å². The summed E-state index contributed by atoms with van der Waals surface area (Å²) < 4.78 is 5.62. The number of aromatic nitrogens is 1. The summed E-state index contributed by atoms with van der Waals surface area (Å²) in [5.74, 6) is 1.17. The minimum Gasteiger partial charge on any atom is -0.443 e. The highest BCUT2D eigenvalue weighted by Crippen LogP contribution is 2.22. The second-order valence-corrected chi connectivity index (χ2v) is 6.80. The number of hydrogen-bond donors (Lipinski definition) is 2. The summed E-state index contributed by atoms with van der Waals surface area (Å²) >= 11 is 0. The van der Waals surface area contributed by atoms with Crippen LogP contribution in [-0.2, 0) is 16.8 Å². The average molecular weight is 344 g/mol. The molecule has 0 aliphatic carbocycles. The molecule has 25 heavy (non-hydrogen) atoms. The van der Waals surface area contributed by atoms with Crippen molar-refractivity contribution in [3.05, 3.63) is 42.1 Å². The van der Waals surface area contributed by atoms with Crippen LogP contribution in [0.1, 0.15) is 39.3 Å². The van der Waals surface area contributed by atoms with Crippen LogP contribution in [0.3, 0.4) is 0 Å². The van der Waals surface area contributed by atoms with Gasteiger partial charge in [-0.2, -0.15) is 0 Å². The van der Waals surface area contributed by atoms with E-state index in [0.717, 1.165) is 11.4 Å². The van der Waals surface area contributed by atoms with Gasteiger partial charge in [0.15, 0.2) is 0 Å². The summed E-state index contributed by atoms with van der Waals surface area (Å²) in [4.78, 5) is 29.0. The summed E-state index contributed by atoms with van der Waals surface area (Å²) in [6.45, 7) is 7.79. The van der Waals surface area contributed by atoms with E-state index in [1.807, 2.05) is 20.8 Å². The Bertz CT molecular complexity index is 744. The Morgan fingerprint density at radius 1 is 1.20 bits per heavy atom. The molecule has 0 saturated heterocycles. The van der Waals surface area contributed by atoms with Gasteiger partial charge in [-0.25, -0.2) is 9.78 Å². The highest BCUT2D eigenvalue weighted by molar-refractivity contribution is 5.92. The Labute approximate surface area is 147 Å². The lowest BCUT2D eigenvalue weighted by Crippen LogP contribution is -2.28. The summed E-state index contributed by atoms with van der Waals surface area (Å²) in [5, 5.41) is 5.42. The van der Waals surface area contributed by atoms with Crippen molar-refractivity contribution < 1.29 is 14.0 Å². The monoisotopic (exact) mass is 344 g/mol. The fourth-order valence-corrected chi connectivity index (χ4v) is 2.02. The molecule has 2 N–H and O–H groups in total. The first-order chi connectivity index (χ1) is 11.7. The first-order valence-corrected chi connectivity index (χ1v) is 8.01. The number of nitrogens with one attached hydrogen (secondary N) is 2. The molecule has 0 fully saturated rings. The first kappa shape index (κ1) is 18.5. The second kappa shape index (κ2) is 7.38. The summed E-state index contributed by atoms with van der Waals surface area (Å²) in [6.07, 6.45) is 1.68. The number of oxazole rings is 1. The molecule has 0 radical (unpaired) electrons. The van der Waals surface area contributed by atoms with Crippen LogP contribution in [0, 0.1) is 0 Å². The van der Waals surface area contributed by atoms with Crippen LogP contribution in [0.4, 0.5) is 16.2 Å². The Balaban J connectivity index is 1.88. The molecule has 2 rings (SSSR count). The Morgan fingerprint density at radius 3 is 2.36 bits per heavy atom. The van der Waals surface area contributed by atoms with E-state index in [9.17, 15) is 9.59 Å². The molecule has 1 aromatic carbocycles. The van der Waals surface area contributed by atoms with E-state index in [-0.39, 0.29) is 23.9 Å². The molecule has 1 heterocycles. The fourth-order valence-electron chi connectivity index (χ4n) is 2.02. The van der Waals surface area contributed by atoms with Crippen molar-refractivity contribution in [2.45, 2.75) is 39.7 Å². The zero-order chi connectivity index (χ0) is 18.6. The predicted octanol–water partition coefficient (Wildman–Crippen LogP) is 3.28. The second-order valence-electron chi connectivity index (χ2n) is 6.80. The minimum absolute atomic E-state index is 0.0565. The van der Waals surface area contributed by atoms with E-state index >= 15 is 0 Å². The van der Waals surface area contributed by atoms with E-state index in [1.165, 1.54) is 11.8 Å². The molecular formula is C18H24N4O3. The van der Waals surface area contributed by atoms with E-state index in [0.29, 0.717) is 11.6 Å². The van der Waals surface area contributed by atoms with Crippen molar-refractivity contribution in [3.8, 4) is 0 Å². The summed E-state index contributed by atoms with van der Waals surface area (Å²) in [6, 6.07) is 6.64. The molecule has 7 heteroatoms. The maximum Gasteiger partial charge on any atom is 0.319 e. The van der Waals surface area contributed by atoms with Gasteiger partial charge < -0.3 is 20.0 Å². The molecule has 0 unspecified atom stereocenters. The zero-order valence-corrected chi connectivity index (χ0v) is 15.2. The van der Waals surface area contributed by atoms with E-state index in [1.54, 1.807) is 37.5 Å². The highest BCUT2D eigenvalue weighted by atomic mass is 16.4. The molecule has 0 spiro atoms. The largest absolute Gasteiger partial charge is 0.443 e. The SMILES string of the molecule is CC(=O)N(C)c1ccc(NC(=O)NCc2ncc(C(C)(C)C)o2)cc1. The van der Waals surface area contributed by atoms with Crippen LogP contribution in [0.2, 0.25) is 0 Å². The molecule has 7 nitrogen and oxygen atoms in total. The highest BCUT2D eigenvalue weighted by Gasteiger charge is 2.19. The third kappa shape index (κ3) is 5.07. The van der Waals surface area contributed by atoms with E-state index < -0.39 is 0 Å². The van der Waals surface area contributed by atoms with Crippen molar-refractivity contribution in [2.75, 3.05) is 17.3 Å². The first-order valence-electron chi connectivity index (χ1n) is 8.01. The van der Waals surface area contributed by atoms with Gasteiger partial charge in [-0.3, -0.25) is 4.79 Å². The van der Waals surface area contributed by atoms with Crippen LogP contribution < -0.4 is 15.5 Å². The molecule has 0 bridgehead atoms. The number of rotatable bonds is 4. The predicted molar refractivity (Wildman–Crippen MR) is 96.6 cm³/mol. The van der Waals surface area contributed by atoms with Gasteiger partial charge in [0.2, 0.25) is 11.8 Å². The van der Waals surface area contributed by atoms with Crippen molar-refractivity contribution in [3.63, 3.8) is 0 Å². The number of carbonyl (C=O) groups is 2. The number of anilines is 2. The summed E-state index contributed by atoms with van der Waals surface area (Å²) in [5.41, 5.74) is 1.26. The zero-order valence-electron chi connectivity index (χ0n) is 15.2. The van der Waals surface area contributed by atoms with Crippen molar-refractivity contribution in [2.24, 2.45) is 0 Å². The van der Waals surface area contributed by atoms with Crippen molar-refractivity contribution >= 4 is 23.3 Å². The Kier molecular flexibility index (Phi) is 5.46. The molecule has 1 aromatic heterocycles. The average Bonchev–Trinajstić information content (AvgIpc) is 3.02. The van der Waals surface area contributed by atoms with Gasteiger partial charge in [-0.1, -0.05) is 20.8 Å². The lowest BCUT2D eigenvalue weighted by molar-refractivity contribution is -0.116. The molecule has 3 amide bonds. The quantitative estimate of drug-likeness (QED) is 0.891. The minimum atomic E-state index is -0.358. The van der Waals surface area contributed by atoms with Gasteiger partial charge in [0.25, 0.3) is 0 Å². The Hall–Kier alpha value is -2.83. The van der Waals surface area contributed by atoms with Crippen LogP contribution in [-0.4, -0.2) is 24.0 Å². The van der Waals surface area contributed by atoms with Crippen LogP contribution in [0.15, 0.2) is 34.9 Å². The Morgan fingerprint density at radius 2 is 1.84 bits per heavy atom. The lowest BCUT2D eigenvalue weighted by Gasteiger charge is -2.15. The van der Waals surface area contributed by atoms with Crippen molar-refractivity contribution in [1.82, 2.24) is 10.3 Å².